The summed E-state index contributed by atoms with van der Waals surface area (Å²) in [5, 5.41) is 7.28. The molecule has 0 saturated carbocycles. The lowest BCUT2D eigenvalue weighted by atomic mass is 9.99. The molecule has 2 aliphatic heterocycles. The molecule has 2 heterocycles. The number of allylic oxidation sites excluding steroid dienone is 1. The van der Waals surface area contributed by atoms with Crippen LogP contribution in [0.3, 0.4) is 0 Å². The number of nitrogens with zero attached hydrogens (tertiary/aromatic N) is 2. The smallest absolute Gasteiger partial charge is 0.151 e. The van der Waals surface area contributed by atoms with Crippen molar-refractivity contribution in [2.45, 2.75) is 47.0 Å². The van der Waals surface area contributed by atoms with Crippen LogP contribution in [0.5, 0.6) is 0 Å². The number of rotatable bonds is 2. The molecule has 4 bridgehead atoms. The summed E-state index contributed by atoms with van der Waals surface area (Å²) in [6.07, 6.45) is 4.96. The Kier molecular flexibility index (Phi) is 9.61. The van der Waals surface area contributed by atoms with Crippen molar-refractivity contribution in [3.8, 4) is 0 Å². The Labute approximate surface area is 209 Å². The van der Waals surface area contributed by atoms with E-state index in [9.17, 15) is 0 Å². The molecule has 1 fully saturated rings. The summed E-state index contributed by atoms with van der Waals surface area (Å²) in [4.78, 5) is 7.08. The second-order valence-corrected chi connectivity index (χ2v) is 9.00. The van der Waals surface area contributed by atoms with Crippen LogP contribution in [0, 0.1) is 6.92 Å². The van der Waals surface area contributed by atoms with E-state index in [0.29, 0.717) is 16.7 Å². The number of ether oxygens (including phenoxy) is 1. The standard InChI is InChI=1S/C25H29ClN4O.C3H8/c1-4-22(26)25-28-18(3)27-23-16-20(9-8-19-6-5-7-21(15-19)29-25)24(14-17(23)2)30-10-12-31-13-11-30;1-3-2/h4-7,14-16,27H,3,8-13H2,1-2H3,(H,28,29);3H2,1-2H3/b22-4+;. The van der Waals surface area contributed by atoms with Gasteiger partial charge < -0.3 is 20.3 Å². The van der Waals surface area contributed by atoms with Gasteiger partial charge in [0.25, 0.3) is 0 Å². The molecule has 5 nitrogen and oxygen atoms in total. The normalized spacial score (nSPS) is 18.0. The maximum absolute atomic E-state index is 6.43. The molecule has 0 aliphatic carbocycles. The summed E-state index contributed by atoms with van der Waals surface area (Å²) in [5.74, 6) is 1.10. The zero-order chi connectivity index (χ0) is 24.5. The van der Waals surface area contributed by atoms with E-state index < -0.39 is 0 Å². The molecule has 0 aromatic heterocycles. The lowest BCUT2D eigenvalue weighted by Gasteiger charge is -2.31. The molecule has 0 radical (unpaired) electrons. The molecule has 0 spiro atoms. The number of aliphatic imine (C=N–C) groups is 1. The third-order valence-electron chi connectivity index (χ3n) is 5.66. The SMILES string of the molecule is C=C1/N=C(\C(Cl)=C/C)Nc2cccc(c2)CCc2cc(c(C)cc2N2CCOCC2)N1.CCC. The van der Waals surface area contributed by atoms with Crippen LogP contribution in [0.4, 0.5) is 17.1 Å². The van der Waals surface area contributed by atoms with Crippen molar-refractivity contribution < 1.29 is 4.74 Å². The molecule has 34 heavy (non-hydrogen) atoms. The van der Waals surface area contributed by atoms with Crippen LogP contribution in [0.15, 0.2) is 64.9 Å². The predicted octanol–water partition coefficient (Wildman–Crippen LogP) is 6.88. The minimum absolute atomic E-state index is 0.533. The van der Waals surface area contributed by atoms with Gasteiger partial charge >= 0.3 is 0 Å². The van der Waals surface area contributed by atoms with Crippen molar-refractivity contribution in [1.29, 1.82) is 0 Å². The molecule has 2 aromatic carbocycles. The fourth-order valence-corrected chi connectivity index (χ4v) is 4.08. The maximum Gasteiger partial charge on any atom is 0.151 e. The van der Waals surface area contributed by atoms with Crippen LogP contribution in [0.1, 0.15) is 43.9 Å². The molecule has 6 heteroatoms. The third-order valence-corrected chi connectivity index (χ3v) is 6.05. The summed E-state index contributed by atoms with van der Waals surface area (Å²) in [6, 6.07) is 12.9. The Morgan fingerprint density at radius 1 is 1.15 bits per heavy atom. The second-order valence-electron chi connectivity index (χ2n) is 8.60. The Bertz CT molecular complexity index is 1050. The molecular weight excluding hydrogens is 444 g/mol. The van der Waals surface area contributed by atoms with Crippen LogP contribution in [0.25, 0.3) is 0 Å². The highest BCUT2D eigenvalue weighted by atomic mass is 35.5. The largest absolute Gasteiger partial charge is 0.378 e. The van der Waals surface area contributed by atoms with Gasteiger partial charge in [0.05, 0.1) is 18.2 Å². The van der Waals surface area contributed by atoms with Gasteiger partial charge in [-0.3, -0.25) is 0 Å². The highest BCUT2D eigenvalue weighted by Crippen LogP contribution is 2.31. The van der Waals surface area contributed by atoms with E-state index >= 15 is 0 Å². The van der Waals surface area contributed by atoms with E-state index in [-0.39, 0.29) is 0 Å². The predicted molar refractivity (Wildman–Crippen MR) is 147 cm³/mol. The van der Waals surface area contributed by atoms with E-state index in [4.69, 9.17) is 16.3 Å². The monoisotopic (exact) mass is 480 g/mol. The zero-order valence-electron chi connectivity index (χ0n) is 20.9. The van der Waals surface area contributed by atoms with Crippen LogP contribution < -0.4 is 15.5 Å². The van der Waals surface area contributed by atoms with Crippen molar-refractivity contribution in [1.82, 2.24) is 0 Å². The summed E-state index contributed by atoms with van der Waals surface area (Å²) in [6.45, 7) is 15.8. The van der Waals surface area contributed by atoms with Crippen molar-refractivity contribution in [2.24, 2.45) is 4.99 Å². The van der Waals surface area contributed by atoms with Gasteiger partial charge in [0.2, 0.25) is 0 Å². The summed E-state index contributed by atoms with van der Waals surface area (Å²) in [5.41, 5.74) is 7.01. The van der Waals surface area contributed by atoms with Gasteiger partial charge in [-0.15, -0.1) is 0 Å². The zero-order valence-corrected chi connectivity index (χ0v) is 21.6. The quantitative estimate of drug-likeness (QED) is 0.491. The van der Waals surface area contributed by atoms with Crippen molar-refractivity contribution in [3.63, 3.8) is 0 Å². The first kappa shape index (κ1) is 25.9. The summed E-state index contributed by atoms with van der Waals surface area (Å²) in [7, 11) is 0. The van der Waals surface area contributed by atoms with Crippen LogP contribution in [0.2, 0.25) is 0 Å². The van der Waals surface area contributed by atoms with E-state index in [0.717, 1.165) is 56.1 Å². The van der Waals surface area contributed by atoms with E-state index in [1.54, 1.807) is 0 Å². The summed E-state index contributed by atoms with van der Waals surface area (Å²) < 4.78 is 5.57. The van der Waals surface area contributed by atoms with Gasteiger partial charge in [-0.2, -0.15) is 0 Å². The van der Waals surface area contributed by atoms with Crippen molar-refractivity contribution in [3.05, 3.63) is 76.6 Å². The maximum atomic E-state index is 6.43. The Balaban J connectivity index is 0.00000103. The van der Waals surface area contributed by atoms with Gasteiger partial charge in [0.15, 0.2) is 5.84 Å². The molecule has 1 saturated heterocycles. The average Bonchev–Trinajstić information content (AvgIpc) is 2.84. The summed E-state index contributed by atoms with van der Waals surface area (Å²) >= 11 is 6.43. The molecule has 0 amide bonds. The number of hydrogen-bond acceptors (Lipinski definition) is 5. The second kappa shape index (κ2) is 12.6. The molecular formula is C28H37ClN4O. The van der Waals surface area contributed by atoms with E-state index in [1.807, 2.05) is 19.1 Å². The fraction of sp³-hybridized carbons (Fsp3) is 0.393. The van der Waals surface area contributed by atoms with Gasteiger partial charge in [0.1, 0.15) is 5.82 Å². The number of aryl methyl sites for hydroxylation is 3. The molecule has 4 rings (SSSR count). The first-order chi connectivity index (χ1) is 16.4. The Morgan fingerprint density at radius 3 is 2.59 bits per heavy atom. The number of nitrogens with one attached hydrogen (secondary N) is 2. The molecule has 182 valence electrons. The number of anilines is 3. The van der Waals surface area contributed by atoms with Gasteiger partial charge in [-0.25, -0.2) is 4.99 Å². The van der Waals surface area contributed by atoms with Gasteiger partial charge in [-0.05, 0) is 67.6 Å². The lowest BCUT2D eigenvalue weighted by molar-refractivity contribution is 0.122. The lowest BCUT2D eigenvalue weighted by Crippen LogP contribution is -2.36. The number of morpholine rings is 1. The Morgan fingerprint density at radius 2 is 1.88 bits per heavy atom. The number of fused-ring (bicyclic) bond motifs is 4. The first-order valence-electron chi connectivity index (χ1n) is 12.1. The highest BCUT2D eigenvalue weighted by Gasteiger charge is 2.18. The fourth-order valence-electron chi connectivity index (χ4n) is 3.99. The number of amidine groups is 1. The van der Waals surface area contributed by atoms with Gasteiger partial charge in [0, 0.05) is 30.2 Å². The van der Waals surface area contributed by atoms with Crippen molar-refractivity contribution in [2.75, 3.05) is 41.8 Å². The van der Waals surface area contributed by atoms with E-state index in [1.165, 1.54) is 23.2 Å². The minimum atomic E-state index is 0.533. The number of benzene rings is 2. The average molecular weight is 481 g/mol. The third kappa shape index (κ3) is 6.87. The number of halogens is 1. The number of hydrogen-bond donors (Lipinski definition) is 2. The van der Waals surface area contributed by atoms with Crippen LogP contribution >= 0.6 is 11.6 Å². The molecule has 2 aromatic rings. The topological polar surface area (TPSA) is 48.9 Å². The minimum Gasteiger partial charge on any atom is -0.378 e. The first-order valence-corrected chi connectivity index (χ1v) is 12.5. The van der Waals surface area contributed by atoms with Crippen LogP contribution in [-0.2, 0) is 17.6 Å². The molecule has 0 unspecified atom stereocenters. The molecule has 2 N–H and O–H groups in total. The highest BCUT2D eigenvalue weighted by molar-refractivity contribution is 6.45. The molecule has 0 atom stereocenters. The van der Waals surface area contributed by atoms with E-state index in [2.05, 4.69) is 78.2 Å². The molecule has 2 aliphatic rings. The van der Waals surface area contributed by atoms with Crippen LogP contribution in [-0.4, -0.2) is 32.1 Å². The van der Waals surface area contributed by atoms with Gasteiger partial charge in [-0.1, -0.05) is 56.7 Å². The Hall–Kier alpha value is -2.76. The van der Waals surface area contributed by atoms with Crippen molar-refractivity contribution >= 4 is 34.5 Å².